The van der Waals surface area contributed by atoms with E-state index >= 15 is 0 Å². The summed E-state index contributed by atoms with van der Waals surface area (Å²) in [5, 5.41) is 0. The van der Waals surface area contributed by atoms with Crippen molar-refractivity contribution in [3.05, 3.63) is 42.7 Å². The van der Waals surface area contributed by atoms with Crippen LogP contribution in [0.2, 0.25) is 0 Å². The Hall–Kier alpha value is -1.52. The van der Waals surface area contributed by atoms with Gasteiger partial charge in [0.05, 0.1) is 6.26 Å². The van der Waals surface area contributed by atoms with Gasteiger partial charge in [-0.05, 0) is 17.6 Å². The van der Waals surface area contributed by atoms with E-state index in [1.165, 1.54) is 0 Å². The first-order valence-electron chi connectivity index (χ1n) is 6.51. The molecule has 0 unspecified atom stereocenters. The van der Waals surface area contributed by atoms with Crippen LogP contribution in [0.4, 0.5) is 0 Å². The van der Waals surface area contributed by atoms with Gasteiger partial charge in [0, 0.05) is 24.2 Å². The van der Waals surface area contributed by atoms with E-state index in [1.54, 1.807) is 6.26 Å². The molecule has 2 heterocycles. The van der Waals surface area contributed by atoms with Crippen molar-refractivity contribution >= 4 is 12.6 Å². The van der Waals surface area contributed by atoms with Crippen LogP contribution >= 0.6 is 0 Å². The molecule has 3 nitrogen and oxygen atoms in total. The topological polar surface area (TPSA) is 31.6 Å². The maximum atomic E-state index is 5.80. The van der Waals surface area contributed by atoms with Gasteiger partial charge in [-0.25, -0.2) is 0 Å². The monoisotopic (exact) mass is 256 g/mol. The second kappa shape index (κ2) is 4.87. The molecule has 19 heavy (non-hydrogen) atoms. The molecule has 1 aliphatic rings. The van der Waals surface area contributed by atoms with E-state index in [0.717, 1.165) is 16.8 Å². The predicted octanol–water partition coefficient (Wildman–Crippen LogP) is 2.71. The van der Waals surface area contributed by atoms with Crippen molar-refractivity contribution in [3.63, 3.8) is 0 Å². The molecule has 0 amide bonds. The maximum absolute atomic E-state index is 5.80. The predicted molar refractivity (Wildman–Crippen MR) is 75.2 cm³/mol. The van der Waals surface area contributed by atoms with Crippen molar-refractivity contribution < 1.29 is 13.7 Å². The molecule has 1 aliphatic heterocycles. The van der Waals surface area contributed by atoms with E-state index in [1.807, 2.05) is 30.3 Å². The van der Waals surface area contributed by atoms with Crippen molar-refractivity contribution in [2.75, 3.05) is 13.2 Å². The van der Waals surface area contributed by atoms with Crippen LogP contribution in [0.25, 0.3) is 11.3 Å². The first-order chi connectivity index (χ1) is 9.14. The second-order valence-corrected chi connectivity index (χ2v) is 5.72. The van der Waals surface area contributed by atoms with Crippen molar-refractivity contribution in [3.8, 4) is 11.3 Å². The minimum atomic E-state index is -0.275. The average molecular weight is 256 g/mol. The Labute approximate surface area is 113 Å². The first-order valence-corrected chi connectivity index (χ1v) is 6.51. The molecule has 0 radical (unpaired) electrons. The third-order valence-corrected chi connectivity index (χ3v) is 3.22. The summed E-state index contributed by atoms with van der Waals surface area (Å²) in [6.07, 6.45) is 1.68. The number of furan rings is 1. The van der Waals surface area contributed by atoms with Gasteiger partial charge in [-0.2, -0.15) is 0 Å². The fourth-order valence-electron chi connectivity index (χ4n) is 2.17. The molecule has 2 aromatic rings. The summed E-state index contributed by atoms with van der Waals surface area (Å²) in [6, 6.07) is 11.9. The zero-order valence-electron chi connectivity index (χ0n) is 11.3. The van der Waals surface area contributed by atoms with E-state index < -0.39 is 0 Å². The lowest BCUT2D eigenvalue weighted by Gasteiger charge is -2.33. The molecule has 0 saturated carbocycles. The highest BCUT2D eigenvalue weighted by molar-refractivity contribution is 6.61. The molecule has 0 N–H and O–H groups in total. The van der Waals surface area contributed by atoms with Gasteiger partial charge in [-0.3, -0.25) is 0 Å². The Bertz CT molecular complexity index is 538. The standard InChI is InChI=1S/C15H17BO3/c1-15(2)10-18-16(19-11-15)13-6-3-5-12(9-13)14-7-4-8-17-14/h3-9H,10-11H2,1-2H3. The van der Waals surface area contributed by atoms with E-state index in [4.69, 9.17) is 13.7 Å². The van der Waals surface area contributed by atoms with Gasteiger partial charge in [-0.15, -0.1) is 0 Å². The zero-order chi connectivity index (χ0) is 13.3. The quantitative estimate of drug-likeness (QED) is 0.774. The fourth-order valence-corrected chi connectivity index (χ4v) is 2.17. The molecule has 0 bridgehead atoms. The molecule has 1 aromatic heterocycles. The smallest absolute Gasteiger partial charge is 0.464 e. The summed E-state index contributed by atoms with van der Waals surface area (Å²) in [5.41, 5.74) is 2.17. The van der Waals surface area contributed by atoms with Gasteiger partial charge >= 0.3 is 7.12 Å². The Morgan fingerprint density at radius 1 is 1.05 bits per heavy atom. The van der Waals surface area contributed by atoms with Crippen LogP contribution in [0.5, 0.6) is 0 Å². The Morgan fingerprint density at radius 2 is 1.84 bits per heavy atom. The molecule has 3 rings (SSSR count). The number of hydrogen-bond donors (Lipinski definition) is 0. The Morgan fingerprint density at radius 3 is 2.53 bits per heavy atom. The van der Waals surface area contributed by atoms with E-state index in [2.05, 4.69) is 19.9 Å². The van der Waals surface area contributed by atoms with Crippen molar-refractivity contribution in [2.24, 2.45) is 5.41 Å². The molecule has 98 valence electrons. The van der Waals surface area contributed by atoms with Crippen LogP contribution in [0.3, 0.4) is 0 Å². The summed E-state index contributed by atoms with van der Waals surface area (Å²) in [7, 11) is -0.275. The second-order valence-electron chi connectivity index (χ2n) is 5.72. The van der Waals surface area contributed by atoms with Gasteiger partial charge in [0.25, 0.3) is 0 Å². The molecule has 0 aliphatic carbocycles. The van der Waals surface area contributed by atoms with Crippen molar-refractivity contribution in [2.45, 2.75) is 13.8 Å². The number of benzene rings is 1. The first kappa shape index (κ1) is 12.5. The normalized spacial score (nSPS) is 18.5. The third-order valence-electron chi connectivity index (χ3n) is 3.22. The minimum Gasteiger partial charge on any atom is -0.464 e. The van der Waals surface area contributed by atoms with Gasteiger partial charge in [-0.1, -0.05) is 38.1 Å². The molecular weight excluding hydrogens is 239 g/mol. The summed E-state index contributed by atoms with van der Waals surface area (Å²) >= 11 is 0. The average Bonchev–Trinajstić information content (AvgIpc) is 2.93. The molecule has 1 aromatic carbocycles. The van der Waals surface area contributed by atoms with Gasteiger partial charge in [0.1, 0.15) is 5.76 Å². The molecule has 4 heteroatoms. The van der Waals surface area contributed by atoms with Gasteiger partial charge in [0.15, 0.2) is 0 Å². The molecular formula is C15H17BO3. The molecule has 0 spiro atoms. The van der Waals surface area contributed by atoms with Crippen molar-refractivity contribution in [1.82, 2.24) is 0 Å². The lowest BCUT2D eigenvalue weighted by Crippen LogP contribution is -2.47. The molecule has 0 atom stereocenters. The summed E-state index contributed by atoms with van der Waals surface area (Å²) in [5.74, 6) is 0.859. The number of hydrogen-bond acceptors (Lipinski definition) is 3. The third kappa shape index (κ3) is 2.75. The van der Waals surface area contributed by atoms with E-state index in [9.17, 15) is 0 Å². The van der Waals surface area contributed by atoms with Crippen LogP contribution < -0.4 is 5.46 Å². The SMILES string of the molecule is CC1(C)COB(c2cccc(-c3ccco3)c2)OC1. The van der Waals surface area contributed by atoms with E-state index in [0.29, 0.717) is 13.2 Å². The largest absolute Gasteiger partial charge is 0.493 e. The highest BCUT2D eigenvalue weighted by Crippen LogP contribution is 2.23. The van der Waals surface area contributed by atoms with Crippen molar-refractivity contribution in [1.29, 1.82) is 0 Å². The highest BCUT2D eigenvalue weighted by Gasteiger charge is 2.33. The Balaban J connectivity index is 1.81. The van der Waals surface area contributed by atoms with Crippen LogP contribution in [-0.4, -0.2) is 20.3 Å². The van der Waals surface area contributed by atoms with Crippen LogP contribution in [-0.2, 0) is 9.31 Å². The Kier molecular flexibility index (Phi) is 3.21. The van der Waals surface area contributed by atoms with E-state index in [-0.39, 0.29) is 12.5 Å². The fraction of sp³-hybridized carbons (Fsp3) is 0.333. The van der Waals surface area contributed by atoms with Crippen LogP contribution in [0, 0.1) is 5.41 Å². The minimum absolute atomic E-state index is 0.0924. The lowest BCUT2D eigenvalue weighted by atomic mass is 9.75. The number of rotatable bonds is 2. The van der Waals surface area contributed by atoms with Crippen LogP contribution in [0.15, 0.2) is 47.1 Å². The molecule has 1 saturated heterocycles. The molecule has 1 fully saturated rings. The summed E-state index contributed by atoms with van der Waals surface area (Å²) < 4.78 is 17.0. The lowest BCUT2D eigenvalue weighted by molar-refractivity contribution is 0.0343. The van der Waals surface area contributed by atoms with Crippen LogP contribution in [0.1, 0.15) is 13.8 Å². The maximum Gasteiger partial charge on any atom is 0.493 e. The summed E-state index contributed by atoms with van der Waals surface area (Å²) in [6.45, 7) is 5.70. The summed E-state index contributed by atoms with van der Waals surface area (Å²) in [4.78, 5) is 0. The highest BCUT2D eigenvalue weighted by atomic mass is 16.6. The van der Waals surface area contributed by atoms with Gasteiger partial charge < -0.3 is 13.7 Å². The van der Waals surface area contributed by atoms with Gasteiger partial charge in [0.2, 0.25) is 0 Å². The zero-order valence-corrected chi connectivity index (χ0v) is 11.3.